The first-order chi connectivity index (χ1) is 12.6. The highest BCUT2D eigenvalue weighted by Crippen LogP contribution is 2.67. The van der Waals surface area contributed by atoms with Gasteiger partial charge in [0.2, 0.25) is 0 Å². The van der Waals surface area contributed by atoms with Crippen molar-refractivity contribution in [1.82, 2.24) is 0 Å². The number of cyclic esters (lactones) is 1. The number of hydrogen-bond donors (Lipinski definition) is 0. The molecule has 0 aromatic heterocycles. The molecule has 0 N–H and O–H groups in total. The van der Waals surface area contributed by atoms with Crippen molar-refractivity contribution in [2.45, 2.75) is 78.6 Å². The molecule has 0 bridgehead atoms. The van der Waals surface area contributed by atoms with E-state index < -0.39 is 6.29 Å². The molecule has 0 radical (unpaired) electrons. The summed E-state index contributed by atoms with van der Waals surface area (Å²) in [6, 6.07) is 0. The molecule has 0 aromatic carbocycles. The number of carbonyl (C=O) groups excluding carboxylic acids is 1. The first-order valence-corrected chi connectivity index (χ1v) is 10.2. The van der Waals surface area contributed by atoms with Crippen molar-refractivity contribution in [2.24, 2.45) is 22.7 Å². The second-order valence-electron chi connectivity index (χ2n) is 10.0. The van der Waals surface area contributed by atoms with Crippen LogP contribution >= 0.6 is 0 Å². The molecule has 2 aliphatic heterocycles. The standard InChI is InChI=1S/C23H32O4/c1-14-12-18(26-20(14)24)25-13-16-15(2)27-23(6)11-8-17-21(3,4)9-7-10-22(17,5)19(16)23/h12-13,17-19H,2,7-11H2,1,3-6H3/b16-13-/t17-,18?,19-,22-,23+/m1/s1. The average molecular weight is 373 g/mol. The van der Waals surface area contributed by atoms with Crippen molar-refractivity contribution < 1.29 is 19.0 Å². The van der Waals surface area contributed by atoms with Crippen molar-refractivity contribution in [3.63, 3.8) is 0 Å². The second kappa shape index (κ2) is 5.89. The minimum absolute atomic E-state index is 0.154. The fourth-order valence-corrected chi connectivity index (χ4v) is 6.65. The fourth-order valence-electron chi connectivity index (χ4n) is 6.65. The number of allylic oxidation sites excluding steroid dienone is 1. The Hall–Kier alpha value is -1.71. The molecular weight excluding hydrogens is 340 g/mol. The zero-order valence-corrected chi connectivity index (χ0v) is 17.3. The van der Waals surface area contributed by atoms with Crippen LogP contribution in [0, 0.1) is 22.7 Å². The highest BCUT2D eigenvalue weighted by Gasteiger charge is 2.63. The average Bonchev–Trinajstić information content (AvgIpc) is 3.00. The van der Waals surface area contributed by atoms with Gasteiger partial charge in [0.25, 0.3) is 6.29 Å². The van der Waals surface area contributed by atoms with Crippen LogP contribution in [0.2, 0.25) is 0 Å². The van der Waals surface area contributed by atoms with Gasteiger partial charge in [-0.05, 0) is 56.3 Å². The molecule has 2 heterocycles. The molecule has 148 valence electrons. The SMILES string of the molecule is C=C1O[C@@]2(C)CC[C@@H]3C(C)(C)CCC[C@@]3(C)[C@H]2/C1=C\OC1C=C(C)C(=O)O1. The zero-order chi connectivity index (χ0) is 19.6. The third-order valence-electron chi connectivity index (χ3n) is 7.73. The van der Waals surface area contributed by atoms with Crippen LogP contribution < -0.4 is 0 Å². The summed E-state index contributed by atoms with van der Waals surface area (Å²) < 4.78 is 17.4. The Bertz CT molecular complexity index is 745. The third-order valence-corrected chi connectivity index (χ3v) is 7.73. The molecule has 5 atom stereocenters. The molecule has 2 aliphatic carbocycles. The monoisotopic (exact) mass is 372 g/mol. The smallest absolute Gasteiger partial charge is 0.336 e. The Balaban J connectivity index is 1.67. The maximum Gasteiger partial charge on any atom is 0.336 e. The summed E-state index contributed by atoms with van der Waals surface area (Å²) in [6.45, 7) is 15.4. The van der Waals surface area contributed by atoms with Gasteiger partial charge in [0.05, 0.1) is 6.26 Å². The van der Waals surface area contributed by atoms with Crippen LogP contribution in [-0.2, 0) is 19.0 Å². The summed E-state index contributed by atoms with van der Waals surface area (Å²) in [4.78, 5) is 11.6. The van der Waals surface area contributed by atoms with E-state index in [1.807, 2.05) is 0 Å². The van der Waals surface area contributed by atoms with Crippen molar-refractivity contribution in [2.75, 3.05) is 0 Å². The molecule has 4 heteroatoms. The van der Waals surface area contributed by atoms with Gasteiger partial charge in [0.15, 0.2) is 0 Å². The molecular formula is C23H32O4. The van der Waals surface area contributed by atoms with E-state index in [0.29, 0.717) is 22.7 Å². The normalized spacial score (nSPS) is 44.3. The van der Waals surface area contributed by atoms with Gasteiger partial charge in [-0.2, -0.15) is 0 Å². The molecule has 2 saturated carbocycles. The Kier molecular flexibility index (Phi) is 4.07. The maximum absolute atomic E-state index is 11.6. The van der Waals surface area contributed by atoms with Crippen molar-refractivity contribution in [3.8, 4) is 0 Å². The van der Waals surface area contributed by atoms with E-state index in [0.717, 1.165) is 12.0 Å². The lowest BCUT2D eigenvalue weighted by atomic mass is 9.45. The summed E-state index contributed by atoms with van der Waals surface area (Å²) in [5.41, 5.74) is 1.88. The van der Waals surface area contributed by atoms with E-state index in [1.165, 1.54) is 25.7 Å². The Morgan fingerprint density at radius 3 is 2.63 bits per heavy atom. The highest BCUT2D eigenvalue weighted by molar-refractivity contribution is 5.89. The molecule has 0 amide bonds. The van der Waals surface area contributed by atoms with Gasteiger partial charge in [-0.1, -0.05) is 33.8 Å². The van der Waals surface area contributed by atoms with Crippen molar-refractivity contribution in [1.29, 1.82) is 0 Å². The minimum Gasteiger partial charge on any atom is -0.487 e. The summed E-state index contributed by atoms with van der Waals surface area (Å²) in [6.07, 6.45) is 8.78. The predicted octanol–water partition coefficient (Wildman–Crippen LogP) is 5.26. The van der Waals surface area contributed by atoms with Gasteiger partial charge < -0.3 is 14.2 Å². The van der Waals surface area contributed by atoms with Gasteiger partial charge in [-0.15, -0.1) is 0 Å². The topological polar surface area (TPSA) is 44.8 Å². The summed E-state index contributed by atoms with van der Waals surface area (Å²) in [7, 11) is 0. The lowest BCUT2D eigenvalue weighted by molar-refractivity contribution is -0.152. The molecule has 4 aliphatic rings. The Morgan fingerprint density at radius 2 is 1.96 bits per heavy atom. The van der Waals surface area contributed by atoms with E-state index in [9.17, 15) is 4.79 Å². The quantitative estimate of drug-likeness (QED) is 0.490. The van der Waals surface area contributed by atoms with E-state index in [-0.39, 0.29) is 22.9 Å². The van der Waals surface area contributed by atoms with Crippen molar-refractivity contribution in [3.05, 3.63) is 35.8 Å². The number of ether oxygens (including phenoxy) is 3. The molecule has 1 unspecified atom stereocenters. The number of hydrogen-bond acceptors (Lipinski definition) is 4. The van der Waals surface area contributed by atoms with Crippen LogP contribution in [-0.4, -0.2) is 17.9 Å². The molecule has 0 aromatic rings. The molecule has 4 rings (SSSR count). The summed E-state index contributed by atoms with van der Waals surface area (Å²) in [5.74, 6) is 1.29. The number of fused-ring (bicyclic) bond motifs is 3. The van der Waals surface area contributed by atoms with Gasteiger partial charge in [0, 0.05) is 23.1 Å². The van der Waals surface area contributed by atoms with Gasteiger partial charge >= 0.3 is 5.97 Å². The lowest BCUT2D eigenvalue weighted by Gasteiger charge is -2.59. The molecule has 4 nitrogen and oxygen atoms in total. The largest absolute Gasteiger partial charge is 0.487 e. The highest BCUT2D eigenvalue weighted by atomic mass is 16.7. The first kappa shape index (κ1) is 18.6. The van der Waals surface area contributed by atoms with Crippen LogP contribution in [0.4, 0.5) is 0 Å². The fraction of sp³-hybridized carbons (Fsp3) is 0.696. The number of carbonyl (C=O) groups is 1. The number of rotatable bonds is 2. The number of esters is 1. The molecule has 1 saturated heterocycles. The van der Waals surface area contributed by atoms with Crippen LogP contribution in [0.25, 0.3) is 0 Å². The van der Waals surface area contributed by atoms with Gasteiger partial charge in [-0.25, -0.2) is 4.79 Å². The molecule has 0 spiro atoms. The van der Waals surface area contributed by atoms with Crippen LogP contribution in [0.1, 0.15) is 66.7 Å². The molecule has 3 fully saturated rings. The first-order valence-electron chi connectivity index (χ1n) is 10.2. The maximum atomic E-state index is 11.6. The summed E-state index contributed by atoms with van der Waals surface area (Å²) in [5, 5.41) is 0. The second-order valence-corrected chi connectivity index (χ2v) is 10.0. The third kappa shape index (κ3) is 2.75. The van der Waals surface area contributed by atoms with Crippen LogP contribution in [0.5, 0.6) is 0 Å². The van der Waals surface area contributed by atoms with Gasteiger partial charge in [-0.3, -0.25) is 0 Å². The zero-order valence-electron chi connectivity index (χ0n) is 17.3. The predicted molar refractivity (Wildman–Crippen MR) is 103 cm³/mol. The van der Waals surface area contributed by atoms with Crippen molar-refractivity contribution >= 4 is 5.97 Å². The molecule has 27 heavy (non-hydrogen) atoms. The Morgan fingerprint density at radius 1 is 1.22 bits per heavy atom. The minimum atomic E-state index is -0.653. The van der Waals surface area contributed by atoms with Gasteiger partial charge in [0.1, 0.15) is 11.4 Å². The van der Waals surface area contributed by atoms with E-state index >= 15 is 0 Å². The Labute approximate surface area is 162 Å². The lowest BCUT2D eigenvalue weighted by Crippen LogP contribution is -2.56. The van der Waals surface area contributed by atoms with Crippen LogP contribution in [0.15, 0.2) is 35.8 Å². The van der Waals surface area contributed by atoms with Crippen LogP contribution in [0.3, 0.4) is 0 Å². The van der Waals surface area contributed by atoms with E-state index in [4.69, 9.17) is 14.2 Å². The van der Waals surface area contributed by atoms with E-state index in [2.05, 4.69) is 34.3 Å². The van der Waals surface area contributed by atoms with E-state index in [1.54, 1.807) is 19.3 Å². The summed E-state index contributed by atoms with van der Waals surface area (Å²) >= 11 is 0.